The minimum Gasteiger partial charge on any atom is -0.492 e. The lowest BCUT2D eigenvalue weighted by atomic mass is 10.1. The number of ether oxygens (including phenoxy) is 1. The molecule has 0 bridgehead atoms. The van der Waals surface area contributed by atoms with Crippen LogP contribution in [-0.4, -0.2) is 17.7 Å². The summed E-state index contributed by atoms with van der Waals surface area (Å²) >= 11 is 0. The summed E-state index contributed by atoms with van der Waals surface area (Å²) in [6.07, 6.45) is 1.10. The molecule has 0 fully saturated rings. The maximum absolute atomic E-state index is 5.74. The average Bonchev–Trinajstić information content (AvgIpc) is 2.66. The monoisotopic (exact) mass is 230 g/mol. The lowest BCUT2D eigenvalue weighted by Crippen LogP contribution is -2.24. The Morgan fingerprint density at radius 2 is 2.29 bits per heavy atom. The summed E-state index contributed by atoms with van der Waals surface area (Å²) < 4.78 is 8.04. The minimum absolute atomic E-state index is 0.715. The molecule has 0 aliphatic carbocycles. The Morgan fingerprint density at radius 3 is 3.12 bits per heavy atom. The van der Waals surface area contributed by atoms with E-state index in [1.54, 1.807) is 0 Å². The number of hydrogen-bond acceptors (Lipinski definition) is 2. The van der Waals surface area contributed by atoms with E-state index in [9.17, 15) is 0 Å². The predicted octanol–water partition coefficient (Wildman–Crippen LogP) is 2.22. The first-order chi connectivity index (χ1) is 8.33. The van der Waals surface area contributed by atoms with Gasteiger partial charge in [0.1, 0.15) is 5.75 Å². The standard InChI is InChI=1S/C14H18N2O/c1-3-17-13-6-4-5-10-11-9-15-8-7-12(11)16(2)14(10)13/h4-6,15H,3,7-9H2,1-2H3. The van der Waals surface area contributed by atoms with E-state index in [2.05, 4.69) is 35.1 Å². The van der Waals surface area contributed by atoms with Gasteiger partial charge in [0, 0.05) is 37.6 Å². The average molecular weight is 230 g/mol. The van der Waals surface area contributed by atoms with Gasteiger partial charge in [-0.3, -0.25) is 0 Å². The van der Waals surface area contributed by atoms with Crippen LogP contribution in [0.2, 0.25) is 0 Å². The van der Waals surface area contributed by atoms with Gasteiger partial charge in [0.05, 0.1) is 12.1 Å². The summed E-state index contributed by atoms with van der Waals surface area (Å²) in [5, 5.41) is 4.78. The molecule has 0 unspecified atom stereocenters. The molecular weight excluding hydrogens is 212 g/mol. The van der Waals surface area contributed by atoms with Crippen LogP contribution in [0.25, 0.3) is 10.9 Å². The quantitative estimate of drug-likeness (QED) is 0.856. The van der Waals surface area contributed by atoms with Crippen molar-refractivity contribution in [1.29, 1.82) is 0 Å². The Kier molecular flexibility index (Phi) is 2.56. The van der Waals surface area contributed by atoms with Crippen molar-refractivity contribution in [2.45, 2.75) is 19.9 Å². The number of aryl methyl sites for hydroxylation is 1. The molecule has 2 aromatic rings. The summed E-state index contributed by atoms with van der Waals surface area (Å²) in [5.41, 5.74) is 4.13. The van der Waals surface area contributed by atoms with Gasteiger partial charge in [0.25, 0.3) is 0 Å². The summed E-state index contributed by atoms with van der Waals surface area (Å²) in [4.78, 5) is 0. The smallest absolute Gasteiger partial charge is 0.143 e. The molecule has 0 amide bonds. The van der Waals surface area contributed by atoms with Gasteiger partial charge in [-0.25, -0.2) is 0 Å². The third kappa shape index (κ3) is 1.53. The molecule has 1 aliphatic rings. The Morgan fingerprint density at radius 1 is 1.41 bits per heavy atom. The molecule has 1 aliphatic heterocycles. The Hall–Kier alpha value is -1.48. The molecule has 0 spiro atoms. The van der Waals surface area contributed by atoms with Crippen LogP contribution in [0.1, 0.15) is 18.2 Å². The predicted molar refractivity (Wildman–Crippen MR) is 69.5 cm³/mol. The van der Waals surface area contributed by atoms with Gasteiger partial charge >= 0.3 is 0 Å². The summed E-state index contributed by atoms with van der Waals surface area (Å²) in [5.74, 6) is 1.00. The van der Waals surface area contributed by atoms with Crippen molar-refractivity contribution in [3.63, 3.8) is 0 Å². The van der Waals surface area contributed by atoms with Crippen molar-refractivity contribution in [3.05, 3.63) is 29.5 Å². The van der Waals surface area contributed by atoms with E-state index >= 15 is 0 Å². The molecule has 17 heavy (non-hydrogen) atoms. The number of fused-ring (bicyclic) bond motifs is 3. The van der Waals surface area contributed by atoms with Crippen LogP contribution in [0.5, 0.6) is 5.75 Å². The lowest BCUT2D eigenvalue weighted by molar-refractivity contribution is 0.343. The lowest BCUT2D eigenvalue weighted by Gasteiger charge is -2.14. The van der Waals surface area contributed by atoms with Gasteiger partial charge in [-0.2, -0.15) is 0 Å². The van der Waals surface area contributed by atoms with Crippen molar-refractivity contribution in [2.24, 2.45) is 7.05 Å². The number of rotatable bonds is 2. The van der Waals surface area contributed by atoms with Crippen LogP contribution in [0.15, 0.2) is 18.2 Å². The van der Waals surface area contributed by atoms with E-state index in [0.717, 1.165) is 25.3 Å². The molecule has 0 radical (unpaired) electrons. The van der Waals surface area contributed by atoms with Crippen molar-refractivity contribution in [1.82, 2.24) is 9.88 Å². The molecular formula is C14H18N2O. The molecule has 1 N–H and O–H groups in total. The Bertz CT molecular complexity index is 557. The van der Waals surface area contributed by atoms with Gasteiger partial charge in [-0.05, 0) is 18.6 Å². The highest BCUT2D eigenvalue weighted by Crippen LogP contribution is 2.33. The molecule has 0 saturated carbocycles. The van der Waals surface area contributed by atoms with Gasteiger partial charge < -0.3 is 14.6 Å². The molecule has 1 aromatic carbocycles. The van der Waals surface area contributed by atoms with E-state index in [-0.39, 0.29) is 0 Å². The van der Waals surface area contributed by atoms with E-state index in [4.69, 9.17) is 4.74 Å². The number of aromatic nitrogens is 1. The van der Waals surface area contributed by atoms with Crippen molar-refractivity contribution >= 4 is 10.9 Å². The summed E-state index contributed by atoms with van der Waals surface area (Å²) in [6, 6.07) is 6.34. The second kappa shape index (κ2) is 4.08. The van der Waals surface area contributed by atoms with Crippen LogP contribution >= 0.6 is 0 Å². The fourth-order valence-electron chi connectivity index (χ4n) is 2.81. The Labute approximate surface area is 101 Å². The van der Waals surface area contributed by atoms with Gasteiger partial charge in [0.15, 0.2) is 0 Å². The number of nitrogens with one attached hydrogen (secondary N) is 1. The van der Waals surface area contributed by atoms with Crippen LogP contribution in [0, 0.1) is 0 Å². The van der Waals surface area contributed by atoms with Crippen LogP contribution in [-0.2, 0) is 20.0 Å². The second-order valence-electron chi connectivity index (χ2n) is 4.50. The van der Waals surface area contributed by atoms with Crippen LogP contribution in [0.4, 0.5) is 0 Å². The molecule has 0 atom stereocenters. The third-order valence-electron chi connectivity index (χ3n) is 3.55. The third-order valence-corrected chi connectivity index (χ3v) is 3.55. The molecule has 3 rings (SSSR count). The largest absolute Gasteiger partial charge is 0.492 e. The number of benzene rings is 1. The van der Waals surface area contributed by atoms with E-state index < -0.39 is 0 Å². The molecule has 90 valence electrons. The fourth-order valence-corrected chi connectivity index (χ4v) is 2.81. The number of para-hydroxylation sites is 1. The second-order valence-corrected chi connectivity index (χ2v) is 4.50. The summed E-state index contributed by atoms with van der Waals surface area (Å²) in [6.45, 7) is 4.79. The van der Waals surface area contributed by atoms with Crippen LogP contribution in [0.3, 0.4) is 0 Å². The zero-order chi connectivity index (χ0) is 11.8. The first kappa shape index (κ1) is 10.7. The normalized spacial score (nSPS) is 14.9. The van der Waals surface area contributed by atoms with E-state index in [1.807, 2.05) is 6.92 Å². The minimum atomic E-state index is 0.715. The van der Waals surface area contributed by atoms with E-state index in [1.165, 1.54) is 22.2 Å². The van der Waals surface area contributed by atoms with Crippen molar-refractivity contribution in [2.75, 3.05) is 13.2 Å². The molecule has 0 saturated heterocycles. The molecule has 3 heteroatoms. The molecule has 2 heterocycles. The fraction of sp³-hybridized carbons (Fsp3) is 0.429. The van der Waals surface area contributed by atoms with Crippen molar-refractivity contribution in [3.8, 4) is 5.75 Å². The highest BCUT2D eigenvalue weighted by molar-refractivity contribution is 5.90. The maximum atomic E-state index is 5.74. The molecule has 1 aromatic heterocycles. The first-order valence-electron chi connectivity index (χ1n) is 6.25. The zero-order valence-corrected chi connectivity index (χ0v) is 10.4. The van der Waals surface area contributed by atoms with Gasteiger partial charge in [-0.1, -0.05) is 12.1 Å². The van der Waals surface area contributed by atoms with Gasteiger partial charge in [-0.15, -0.1) is 0 Å². The Balaban J connectivity index is 2.29. The van der Waals surface area contributed by atoms with Gasteiger partial charge in [0.2, 0.25) is 0 Å². The first-order valence-corrected chi connectivity index (χ1v) is 6.25. The van der Waals surface area contributed by atoms with E-state index in [0.29, 0.717) is 6.61 Å². The number of nitrogens with zero attached hydrogens (tertiary/aromatic N) is 1. The van der Waals surface area contributed by atoms with Crippen LogP contribution < -0.4 is 10.1 Å². The van der Waals surface area contributed by atoms with Crippen molar-refractivity contribution < 1.29 is 4.74 Å². The highest BCUT2D eigenvalue weighted by Gasteiger charge is 2.19. The maximum Gasteiger partial charge on any atom is 0.143 e. The number of hydrogen-bond donors (Lipinski definition) is 1. The molecule has 3 nitrogen and oxygen atoms in total. The highest BCUT2D eigenvalue weighted by atomic mass is 16.5. The summed E-state index contributed by atoms with van der Waals surface area (Å²) in [7, 11) is 2.15. The topological polar surface area (TPSA) is 26.2 Å². The zero-order valence-electron chi connectivity index (χ0n) is 10.4. The SMILES string of the molecule is CCOc1cccc2c3c(n(C)c12)CCNC3.